The standard InChI is InChI=1S/C20H23ClN4O2S/c1-3-25(2)13-8-9-15(25)17-14(10-13)16(18(22)26)19(28-17)24-20(27)23-12-6-4-11(21)5-7-12/h4-7,13,15H,3,8-10H2,1-2H3,(H3-,22,23,24,26,27)/p+1. The van der Waals surface area contributed by atoms with Gasteiger partial charge in [0, 0.05) is 30.0 Å². The first-order valence-corrected chi connectivity index (χ1v) is 10.7. The summed E-state index contributed by atoms with van der Waals surface area (Å²) in [5.41, 5.74) is 7.85. The van der Waals surface area contributed by atoms with Crippen molar-refractivity contribution >= 4 is 45.6 Å². The van der Waals surface area contributed by atoms with Gasteiger partial charge in [-0.15, -0.1) is 11.3 Å². The number of anilines is 2. The fraction of sp³-hybridized carbons (Fsp3) is 0.400. The Morgan fingerprint density at radius 2 is 1.96 bits per heavy atom. The van der Waals surface area contributed by atoms with Gasteiger partial charge in [-0.1, -0.05) is 11.6 Å². The van der Waals surface area contributed by atoms with Crippen LogP contribution in [0, 0.1) is 0 Å². The molecule has 4 N–H and O–H groups in total. The van der Waals surface area contributed by atoms with Gasteiger partial charge in [0.2, 0.25) is 0 Å². The van der Waals surface area contributed by atoms with Crippen LogP contribution in [0.1, 0.15) is 46.6 Å². The minimum absolute atomic E-state index is 0.372. The minimum Gasteiger partial charge on any atom is -0.365 e. The predicted octanol–water partition coefficient (Wildman–Crippen LogP) is 4.37. The van der Waals surface area contributed by atoms with E-state index in [2.05, 4.69) is 24.6 Å². The van der Waals surface area contributed by atoms with E-state index in [0.717, 1.165) is 35.9 Å². The molecule has 2 aliphatic heterocycles. The molecule has 3 amide bonds. The van der Waals surface area contributed by atoms with E-state index >= 15 is 0 Å². The van der Waals surface area contributed by atoms with Crippen LogP contribution in [0.15, 0.2) is 24.3 Å². The Kier molecular flexibility index (Phi) is 4.85. The van der Waals surface area contributed by atoms with Gasteiger partial charge in [0.05, 0.1) is 30.1 Å². The van der Waals surface area contributed by atoms with Crippen molar-refractivity contribution in [2.45, 2.75) is 38.3 Å². The molecule has 2 aliphatic rings. The summed E-state index contributed by atoms with van der Waals surface area (Å²) in [7, 11) is 2.30. The van der Waals surface area contributed by atoms with Crippen molar-refractivity contribution in [3.8, 4) is 0 Å². The van der Waals surface area contributed by atoms with Gasteiger partial charge in [-0.2, -0.15) is 0 Å². The van der Waals surface area contributed by atoms with Gasteiger partial charge in [-0.3, -0.25) is 10.1 Å². The highest BCUT2D eigenvalue weighted by Gasteiger charge is 2.52. The van der Waals surface area contributed by atoms with Crippen molar-refractivity contribution in [2.75, 3.05) is 24.2 Å². The summed E-state index contributed by atoms with van der Waals surface area (Å²) in [5.74, 6) is -0.480. The lowest BCUT2D eigenvalue weighted by Gasteiger charge is -2.43. The lowest BCUT2D eigenvalue weighted by atomic mass is 9.94. The zero-order chi connectivity index (χ0) is 20.1. The van der Waals surface area contributed by atoms with Gasteiger partial charge in [-0.25, -0.2) is 4.79 Å². The molecular weight excluding hydrogens is 396 g/mol. The molecule has 2 aromatic rings. The molecular formula is C20H24ClN4O2S+. The molecule has 0 saturated carbocycles. The third-order valence-electron chi connectivity index (χ3n) is 6.36. The molecule has 3 unspecified atom stereocenters. The number of nitrogens with zero attached hydrogens (tertiary/aromatic N) is 1. The number of hydrogen-bond acceptors (Lipinski definition) is 3. The number of hydrogen-bond donors (Lipinski definition) is 3. The molecule has 1 aromatic carbocycles. The van der Waals surface area contributed by atoms with E-state index in [0.29, 0.717) is 33.4 Å². The first-order valence-electron chi connectivity index (χ1n) is 9.47. The van der Waals surface area contributed by atoms with Crippen LogP contribution in [0.3, 0.4) is 0 Å². The molecule has 0 radical (unpaired) electrons. The molecule has 8 heteroatoms. The highest BCUT2D eigenvalue weighted by molar-refractivity contribution is 7.17. The number of rotatable bonds is 4. The molecule has 0 aliphatic carbocycles. The Morgan fingerprint density at radius 3 is 2.61 bits per heavy atom. The lowest BCUT2D eigenvalue weighted by Crippen LogP contribution is -2.52. The van der Waals surface area contributed by atoms with Crippen LogP contribution < -0.4 is 16.4 Å². The van der Waals surface area contributed by atoms with E-state index in [1.807, 2.05) is 0 Å². The first-order chi connectivity index (χ1) is 13.3. The van der Waals surface area contributed by atoms with Crippen LogP contribution in [0.4, 0.5) is 15.5 Å². The number of carbonyl (C=O) groups excluding carboxylic acids is 2. The molecule has 4 rings (SSSR count). The molecule has 28 heavy (non-hydrogen) atoms. The maximum atomic E-state index is 12.5. The molecule has 148 valence electrons. The average molecular weight is 420 g/mol. The van der Waals surface area contributed by atoms with Crippen molar-refractivity contribution in [3.63, 3.8) is 0 Å². The quantitative estimate of drug-likeness (QED) is 0.643. The van der Waals surface area contributed by atoms with Crippen molar-refractivity contribution in [2.24, 2.45) is 5.73 Å². The fourth-order valence-electron chi connectivity index (χ4n) is 4.72. The van der Waals surface area contributed by atoms with Crippen LogP contribution >= 0.6 is 22.9 Å². The second-order valence-electron chi connectivity index (χ2n) is 7.71. The highest BCUT2D eigenvalue weighted by Crippen LogP contribution is 2.53. The van der Waals surface area contributed by atoms with Crippen molar-refractivity contribution in [3.05, 3.63) is 45.3 Å². The molecule has 1 saturated heterocycles. The van der Waals surface area contributed by atoms with Gasteiger partial charge in [0.1, 0.15) is 11.0 Å². The number of fused-ring (bicyclic) bond motifs is 4. The number of halogens is 1. The van der Waals surface area contributed by atoms with Crippen LogP contribution in [-0.4, -0.2) is 36.1 Å². The Hall–Kier alpha value is -2.09. The Balaban J connectivity index is 1.63. The number of benzene rings is 1. The number of quaternary nitrogens is 1. The van der Waals surface area contributed by atoms with E-state index in [9.17, 15) is 9.59 Å². The summed E-state index contributed by atoms with van der Waals surface area (Å²) in [6.07, 6.45) is 3.11. The summed E-state index contributed by atoms with van der Waals surface area (Å²) in [6, 6.07) is 7.33. The second-order valence-corrected chi connectivity index (χ2v) is 9.20. The topological polar surface area (TPSA) is 84.2 Å². The van der Waals surface area contributed by atoms with E-state index in [1.165, 1.54) is 16.2 Å². The molecule has 1 fully saturated rings. The second kappa shape index (κ2) is 7.06. The third kappa shape index (κ3) is 3.07. The number of likely N-dealkylation sites (N-methyl/N-ethyl adjacent to an activating group) is 1. The Bertz CT molecular complexity index is 942. The van der Waals surface area contributed by atoms with Crippen LogP contribution in [0.25, 0.3) is 0 Å². The SMILES string of the molecule is CC[N+]1(C)C2CCC1c1sc(NC(=O)Nc3ccc(Cl)cc3)c(C(N)=O)c1C2. The van der Waals surface area contributed by atoms with E-state index < -0.39 is 11.9 Å². The average Bonchev–Trinajstić information content (AvgIpc) is 3.09. The summed E-state index contributed by atoms with van der Waals surface area (Å²) < 4.78 is 1.00. The summed E-state index contributed by atoms with van der Waals surface area (Å²) in [6.45, 7) is 3.27. The molecule has 3 heterocycles. The van der Waals surface area contributed by atoms with E-state index in [-0.39, 0.29) is 0 Å². The lowest BCUT2D eigenvalue weighted by molar-refractivity contribution is -0.949. The van der Waals surface area contributed by atoms with Crippen molar-refractivity contribution in [1.29, 1.82) is 0 Å². The molecule has 0 spiro atoms. The van der Waals surface area contributed by atoms with Crippen molar-refractivity contribution in [1.82, 2.24) is 0 Å². The number of amides is 3. The maximum Gasteiger partial charge on any atom is 0.324 e. The monoisotopic (exact) mass is 419 g/mol. The van der Waals surface area contributed by atoms with Crippen LogP contribution in [0.5, 0.6) is 0 Å². The normalized spacial score (nSPS) is 25.2. The zero-order valence-electron chi connectivity index (χ0n) is 15.9. The summed E-state index contributed by atoms with van der Waals surface area (Å²) in [5, 5.41) is 6.75. The van der Waals surface area contributed by atoms with Crippen molar-refractivity contribution < 1.29 is 14.1 Å². The smallest absolute Gasteiger partial charge is 0.324 e. The maximum absolute atomic E-state index is 12.5. The summed E-state index contributed by atoms with van der Waals surface area (Å²) >= 11 is 7.38. The Labute approximate surface area is 173 Å². The highest BCUT2D eigenvalue weighted by atomic mass is 35.5. The van der Waals surface area contributed by atoms with E-state index in [4.69, 9.17) is 17.3 Å². The zero-order valence-corrected chi connectivity index (χ0v) is 17.5. The predicted molar refractivity (Wildman–Crippen MR) is 113 cm³/mol. The van der Waals surface area contributed by atoms with Crippen LogP contribution in [-0.2, 0) is 6.42 Å². The number of urea groups is 1. The van der Waals surface area contributed by atoms with E-state index in [1.54, 1.807) is 24.3 Å². The molecule has 3 atom stereocenters. The minimum atomic E-state index is -0.480. The molecule has 2 bridgehead atoms. The van der Waals surface area contributed by atoms with Gasteiger partial charge in [-0.05, 0) is 36.8 Å². The van der Waals surface area contributed by atoms with Crippen LogP contribution in [0.2, 0.25) is 5.02 Å². The summed E-state index contributed by atoms with van der Waals surface area (Å²) in [4.78, 5) is 25.9. The number of primary amides is 1. The third-order valence-corrected chi connectivity index (χ3v) is 7.86. The Morgan fingerprint density at radius 1 is 1.25 bits per heavy atom. The van der Waals surface area contributed by atoms with Gasteiger partial charge < -0.3 is 15.5 Å². The largest absolute Gasteiger partial charge is 0.365 e. The molecule has 6 nitrogen and oxygen atoms in total. The number of nitrogens with one attached hydrogen (secondary N) is 2. The van der Waals surface area contributed by atoms with Gasteiger partial charge >= 0.3 is 6.03 Å². The first kappa shape index (κ1) is 19.2. The number of thiophene rings is 1. The van der Waals surface area contributed by atoms with Gasteiger partial charge in [0.25, 0.3) is 5.91 Å². The molecule has 1 aromatic heterocycles. The fourth-order valence-corrected chi connectivity index (χ4v) is 6.34. The van der Waals surface area contributed by atoms with Gasteiger partial charge in [0.15, 0.2) is 0 Å². The number of carbonyl (C=O) groups is 2. The number of nitrogens with two attached hydrogens (primary N) is 1.